The van der Waals surface area contributed by atoms with Crippen LogP contribution in [-0.2, 0) is 0 Å². The van der Waals surface area contributed by atoms with Gasteiger partial charge in [0.25, 0.3) is 0 Å². The molecule has 0 radical (unpaired) electrons. The van der Waals surface area contributed by atoms with Crippen molar-refractivity contribution in [2.75, 3.05) is 13.2 Å². The van der Waals surface area contributed by atoms with Crippen molar-refractivity contribution in [1.82, 2.24) is 9.88 Å². The van der Waals surface area contributed by atoms with E-state index in [1.54, 1.807) is 6.20 Å². The molecular weight excluding hydrogens is 226 g/mol. The van der Waals surface area contributed by atoms with Crippen LogP contribution in [0.3, 0.4) is 0 Å². The van der Waals surface area contributed by atoms with Crippen LogP contribution in [0.2, 0.25) is 0 Å². The summed E-state index contributed by atoms with van der Waals surface area (Å²) in [5.41, 5.74) is 7.15. The lowest BCUT2D eigenvalue weighted by Crippen LogP contribution is -2.45. The van der Waals surface area contributed by atoms with E-state index < -0.39 is 0 Å². The number of nitrogens with zero attached hydrogens (tertiary/aromatic N) is 2. The van der Waals surface area contributed by atoms with Crippen molar-refractivity contribution in [3.63, 3.8) is 0 Å². The Morgan fingerprint density at radius 3 is 2.89 bits per heavy atom. The Bertz CT molecular complexity index is 369. The van der Waals surface area contributed by atoms with Gasteiger partial charge in [-0.1, -0.05) is 13.0 Å². The quantitative estimate of drug-likeness (QED) is 0.841. The highest BCUT2D eigenvalue weighted by Gasteiger charge is 2.37. The maximum atomic E-state index is 9.58. The predicted molar refractivity (Wildman–Crippen MR) is 72.0 cm³/mol. The Hall–Kier alpha value is -0.970. The average molecular weight is 249 g/mol. The minimum Gasteiger partial charge on any atom is -0.395 e. The number of hydrogen-bond acceptors (Lipinski definition) is 4. The molecule has 0 aliphatic carbocycles. The van der Waals surface area contributed by atoms with Crippen LogP contribution in [0.4, 0.5) is 0 Å². The summed E-state index contributed by atoms with van der Waals surface area (Å²) in [6.07, 6.45) is 2.92. The lowest BCUT2D eigenvalue weighted by atomic mass is 10.00. The van der Waals surface area contributed by atoms with Gasteiger partial charge in [0.1, 0.15) is 0 Å². The molecule has 0 bridgehead atoms. The van der Waals surface area contributed by atoms with E-state index in [0.29, 0.717) is 5.92 Å². The van der Waals surface area contributed by atoms with Crippen molar-refractivity contribution in [2.45, 2.75) is 38.4 Å². The number of aromatic nitrogens is 1. The number of aliphatic hydroxyl groups is 1. The zero-order valence-corrected chi connectivity index (χ0v) is 11.2. The third-order valence-electron chi connectivity index (χ3n) is 3.96. The Labute approximate surface area is 109 Å². The third kappa shape index (κ3) is 2.55. The van der Waals surface area contributed by atoms with E-state index in [9.17, 15) is 5.11 Å². The van der Waals surface area contributed by atoms with Gasteiger partial charge in [0.05, 0.1) is 18.3 Å². The molecule has 0 amide bonds. The Kier molecular flexibility index (Phi) is 4.32. The van der Waals surface area contributed by atoms with Crippen LogP contribution in [0, 0.1) is 5.92 Å². The first-order valence-corrected chi connectivity index (χ1v) is 6.68. The SMILES string of the molecule is CC(N)C(c1ccccn1)N1CCC(C)C1CO. The van der Waals surface area contributed by atoms with Crippen LogP contribution in [0.5, 0.6) is 0 Å². The van der Waals surface area contributed by atoms with Gasteiger partial charge in [0.2, 0.25) is 0 Å². The van der Waals surface area contributed by atoms with Crippen molar-refractivity contribution < 1.29 is 5.11 Å². The van der Waals surface area contributed by atoms with Crippen molar-refractivity contribution in [2.24, 2.45) is 11.7 Å². The first-order valence-electron chi connectivity index (χ1n) is 6.68. The summed E-state index contributed by atoms with van der Waals surface area (Å²) in [4.78, 5) is 6.75. The van der Waals surface area contributed by atoms with Crippen LogP contribution < -0.4 is 5.73 Å². The molecular formula is C14H23N3O. The van der Waals surface area contributed by atoms with Gasteiger partial charge < -0.3 is 10.8 Å². The number of pyridine rings is 1. The number of nitrogens with two attached hydrogens (primary N) is 1. The van der Waals surface area contributed by atoms with Crippen LogP contribution in [0.25, 0.3) is 0 Å². The van der Waals surface area contributed by atoms with E-state index in [-0.39, 0.29) is 24.7 Å². The lowest BCUT2D eigenvalue weighted by molar-refractivity contribution is 0.0909. The van der Waals surface area contributed by atoms with E-state index in [0.717, 1.165) is 18.7 Å². The zero-order chi connectivity index (χ0) is 13.1. The first kappa shape index (κ1) is 13.5. The molecule has 1 aromatic rings. The molecule has 1 aliphatic rings. The summed E-state index contributed by atoms with van der Waals surface area (Å²) >= 11 is 0. The Morgan fingerprint density at radius 2 is 2.33 bits per heavy atom. The molecule has 2 heterocycles. The van der Waals surface area contributed by atoms with Gasteiger partial charge in [-0.2, -0.15) is 0 Å². The number of aliphatic hydroxyl groups excluding tert-OH is 1. The van der Waals surface area contributed by atoms with Gasteiger partial charge in [-0.25, -0.2) is 0 Å². The normalized spacial score (nSPS) is 28.2. The smallest absolute Gasteiger partial charge is 0.0674 e. The van der Waals surface area contributed by atoms with Crippen molar-refractivity contribution in [1.29, 1.82) is 0 Å². The van der Waals surface area contributed by atoms with E-state index in [1.165, 1.54) is 0 Å². The summed E-state index contributed by atoms with van der Waals surface area (Å²) in [6, 6.07) is 6.21. The highest BCUT2D eigenvalue weighted by Crippen LogP contribution is 2.33. The topological polar surface area (TPSA) is 62.4 Å². The fourth-order valence-corrected chi connectivity index (χ4v) is 2.96. The molecule has 1 saturated heterocycles. The maximum absolute atomic E-state index is 9.58. The van der Waals surface area contributed by atoms with E-state index >= 15 is 0 Å². The Balaban J connectivity index is 2.26. The average Bonchev–Trinajstić information content (AvgIpc) is 2.71. The number of hydrogen-bond donors (Lipinski definition) is 2. The summed E-state index contributed by atoms with van der Waals surface area (Å²) in [6.45, 7) is 5.38. The number of rotatable bonds is 4. The van der Waals surface area contributed by atoms with Gasteiger partial charge in [-0.3, -0.25) is 9.88 Å². The van der Waals surface area contributed by atoms with Crippen LogP contribution in [0.15, 0.2) is 24.4 Å². The van der Waals surface area contributed by atoms with Gasteiger partial charge >= 0.3 is 0 Å². The molecule has 0 saturated carbocycles. The number of likely N-dealkylation sites (tertiary alicyclic amines) is 1. The highest BCUT2D eigenvalue weighted by molar-refractivity contribution is 5.12. The minimum absolute atomic E-state index is 0.000694. The van der Waals surface area contributed by atoms with E-state index in [2.05, 4.69) is 16.8 Å². The summed E-state index contributed by atoms with van der Waals surface area (Å²) in [7, 11) is 0. The second kappa shape index (κ2) is 5.78. The summed E-state index contributed by atoms with van der Waals surface area (Å²) in [5.74, 6) is 0.514. The van der Waals surface area contributed by atoms with Crippen molar-refractivity contribution >= 4 is 0 Å². The van der Waals surface area contributed by atoms with E-state index in [4.69, 9.17) is 5.73 Å². The molecule has 4 unspecified atom stereocenters. The molecule has 100 valence electrons. The standard InChI is InChI=1S/C14H23N3O/c1-10-6-8-17(13(10)9-18)14(11(2)15)12-5-3-4-7-16-12/h3-5,7,10-11,13-14,18H,6,8-9,15H2,1-2H3. The van der Waals surface area contributed by atoms with Crippen molar-refractivity contribution in [3.05, 3.63) is 30.1 Å². The van der Waals surface area contributed by atoms with Gasteiger partial charge in [0.15, 0.2) is 0 Å². The zero-order valence-electron chi connectivity index (χ0n) is 11.2. The molecule has 1 fully saturated rings. The summed E-state index contributed by atoms with van der Waals surface area (Å²) in [5, 5.41) is 9.58. The van der Waals surface area contributed by atoms with Gasteiger partial charge in [-0.15, -0.1) is 0 Å². The monoisotopic (exact) mass is 249 g/mol. The largest absolute Gasteiger partial charge is 0.395 e. The van der Waals surface area contributed by atoms with Crippen LogP contribution >= 0.6 is 0 Å². The van der Waals surface area contributed by atoms with Gasteiger partial charge in [0, 0.05) is 18.3 Å². The fourth-order valence-electron chi connectivity index (χ4n) is 2.96. The minimum atomic E-state index is -0.000694. The highest BCUT2D eigenvalue weighted by atomic mass is 16.3. The van der Waals surface area contributed by atoms with Gasteiger partial charge in [-0.05, 0) is 37.9 Å². The molecule has 0 spiro atoms. The van der Waals surface area contributed by atoms with Crippen LogP contribution in [0.1, 0.15) is 32.0 Å². The molecule has 3 N–H and O–H groups in total. The van der Waals surface area contributed by atoms with Crippen LogP contribution in [-0.4, -0.2) is 40.2 Å². The first-order chi connectivity index (χ1) is 8.65. The fraction of sp³-hybridized carbons (Fsp3) is 0.643. The molecule has 1 aliphatic heterocycles. The Morgan fingerprint density at radius 1 is 1.56 bits per heavy atom. The molecule has 4 heteroatoms. The summed E-state index contributed by atoms with van der Waals surface area (Å²) < 4.78 is 0. The van der Waals surface area contributed by atoms with Crippen molar-refractivity contribution in [3.8, 4) is 0 Å². The maximum Gasteiger partial charge on any atom is 0.0674 e. The third-order valence-corrected chi connectivity index (χ3v) is 3.96. The second-order valence-corrected chi connectivity index (χ2v) is 5.31. The predicted octanol–water partition coefficient (Wildman–Crippen LogP) is 1.17. The van der Waals surface area contributed by atoms with E-state index in [1.807, 2.05) is 25.1 Å². The lowest BCUT2D eigenvalue weighted by Gasteiger charge is -2.35. The molecule has 4 nitrogen and oxygen atoms in total. The second-order valence-electron chi connectivity index (χ2n) is 5.31. The molecule has 2 rings (SSSR count). The molecule has 0 aromatic carbocycles. The molecule has 1 aromatic heterocycles. The molecule has 4 atom stereocenters. The molecule has 18 heavy (non-hydrogen) atoms.